The van der Waals surface area contributed by atoms with Gasteiger partial charge in [-0.05, 0) is 32.0 Å². The molecule has 0 aliphatic rings. The predicted molar refractivity (Wildman–Crippen MR) is 57.8 cm³/mol. The monoisotopic (exact) mass is 183 g/mol. The van der Waals surface area contributed by atoms with Crippen LogP contribution in [0.3, 0.4) is 0 Å². The lowest BCUT2D eigenvalue weighted by atomic mass is 10.4. The predicted octanol–water partition coefficient (Wildman–Crippen LogP) is 2.63. The molecule has 0 unspecified atom stereocenters. The van der Waals surface area contributed by atoms with E-state index in [1.54, 1.807) is 0 Å². The van der Waals surface area contributed by atoms with E-state index >= 15 is 0 Å². The van der Waals surface area contributed by atoms with E-state index in [1.807, 2.05) is 31.9 Å². The highest BCUT2D eigenvalue weighted by Gasteiger charge is 1.84. The Bertz CT molecular complexity index is 174. The minimum absolute atomic E-state index is 1.16. The van der Waals surface area contributed by atoms with E-state index in [-0.39, 0.29) is 0 Å². The van der Waals surface area contributed by atoms with Gasteiger partial charge >= 0.3 is 0 Å². The molecule has 0 radical (unpaired) electrons. The van der Waals surface area contributed by atoms with Gasteiger partial charge in [-0.1, -0.05) is 25.1 Å². The van der Waals surface area contributed by atoms with Crippen molar-refractivity contribution in [3.63, 3.8) is 0 Å². The van der Waals surface area contributed by atoms with E-state index in [1.165, 1.54) is 4.90 Å². The Hall–Kier alpha value is -0.470. The van der Waals surface area contributed by atoms with Crippen LogP contribution in [0, 0.1) is 0 Å². The van der Waals surface area contributed by atoms with Gasteiger partial charge in [-0.3, -0.25) is 0 Å². The van der Waals surface area contributed by atoms with Gasteiger partial charge in [0.15, 0.2) is 0 Å². The highest BCUT2D eigenvalue weighted by atomic mass is 32.2. The largest absolute Gasteiger partial charge is 0.323 e. The zero-order valence-corrected chi connectivity index (χ0v) is 8.82. The van der Waals surface area contributed by atoms with Gasteiger partial charge in [0, 0.05) is 4.90 Å². The van der Waals surface area contributed by atoms with Crippen molar-refractivity contribution in [1.82, 2.24) is 5.32 Å². The lowest BCUT2D eigenvalue weighted by Gasteiger charge is -1.93. The summed E-state index contributed by atoms with van der Waals surface area (Å²) in [6.07, 6.45) is 0. The molecule has 0 aromatic heterocycles. The lowest BCUT2D eigenvalue weighted by Crippen LogP contribution is -1.89. The van der Waals surface area contributed by atoms with Crippen LogP contribution in [0.2, 0.25) is 0 Å². The minimum atomic E-state index is 1.16. The molecule has 0 amide bonds. The van der Waals surface area contributed by atoms with Crippen molar-refractivity contribution in [2.75, 3.05) is 19.8 Å². The average molecular weight is 183 g/mol. The van der Waals surface area contributed by atoms with Gasteiger partial charge in [0.05, 0.1) is 0 Å². The van der Waals surface area contributed by atoms with Crippen LogP contribution >= 0.6 is 11.8 Å². The van der Waals surface area contributed by atoms with Crippen molar-refractivity contribution in [1.29, 1.82) is 0 Å². The molecule has 1 nitrogen and oxygen atoms in total. The quantitative estimate of drug-likeness (QED) is 0.707. The number of rotatable bonds is 2. The van der Waals surface area contributed by atoms with Crippen LogP contribution in [-0.2, 0) is 0 Å². The molecule has 0 aliphatic heterocycles. The van der Waals surface area contributed by atoms with Crippen molar-refractivity contribution in [3.05, 3.63) is 30.3 Å². The van der Waals surface area contributed by atoms with Crippen LogP contribution in [-0.4, -0.2) is 19.8 Å². The summed E-state index contributed by atoms with van der Waals surface area (Å²) in [6, 6.07) is 10.4. The van der Waals surface area contributed by atoms with Gasteiger partial charge in [0.25, 0.3) is 0 Å². The molecule has 1 rings (SSSR count). The van der Waals surface area contributed by atoms with E-state index in [0.29, 0.717) is 0 Å². The van der Waals surface area contributed by atoms with Gasteiger partial charge in [-0.25, -0.2) is 0 Å². The van der Waals surface area contributed by atoms with E-state index in [0.717, 1.165) is 5.75 Å². The molecule has 0 atom stereocenters. The number of hydrogen-bond acceptors (Lipinski definition) is 2. The molecule has 0 heterocycles. The molecule has 2 heteroatoms. The fourth-order valence-electron chi connectivity index (χ4n) is 0.683. The first-order valence-corrected chi connectivity index (χ1v) is 5.10. The molecule has 1 aromatic carbocycles. The second-order valence-corrected chi connectivity index (χ2v) is 3.58. The number of hydrogen-bond donors (Lipinski definition) is 1. The van der Waals surface area contributed by atoms with Gasteiger partial charge in [0.2, 0.25) is 0 Å². The molecule has 0 spiro atoms. The average Bonchev–Trinajstić information content (AvgIpc) is 2.08. The molecule has 12 heavy (non-hydrogen) atoms. The molecular formula is C10H17NS. The number of benzene rings is 1. The Morgan fingerprint density at radius 2 is 1.67 bits per heavy atom. The van der Waals surface area contributed by atoms with Crippen molar-refractivity contribution in [3.8, 4) is 0 Å². The first-order valence-electron chi connectivity index (χ1n) is 4.11. The minimum Gasteiger partial charge on any atom is -0.323 e. The van der Waals surface area contributed by atoms with Crippen molar-refractivity contribution < 1.29 is 0 Å². The Labute approximate surface area is 79.6 Å². The number of nitrogens with one attached hydrogen (secondary N) is 1. The fourth-order valence-corrected chi connectivity index (χ4v) is 1.37. The van der Waals surface area contributed by atoms with Gasteiger partial charge in [0.1, 0.15) is 0 Å². The van der Waals surface area contributed by atoms with Crippen LogP contribution in [0.25, 0.3) is 0 Å². The second-order valence-electron chi connectivity index (χ2n) is 2.25. The summed E-state index contributed by atoms with van der Waals surface area (Å²) in [6.45, 7) is 2.16. The molecule has 0 aliphatic carbocycles. The first-order chi connectivity index (χ1) is 5.85. The number of thioether (sulfide) groups is 1. The zero-order chi connectivity index (χ0) is 9.23. The first kappa shape index (κ1) is 11.5. The van der Waals surface area contributed by atoms with Crippen LogP contribution < -0.4 is 5.32 Å². The maximum absolute atomic E-state index is 2.75. The third-order valence-corrected chi connectivity index (χ3v) is 1.95. The van der Waals surface area contributed by atoms with Crippen LogP contribution in [0.15, 0.2) is 35.2 Å². The summed E-state index contributed by atoms with van der Waals surface area (Å²) in [5.74, 6) is 1.16. The summed E-state index contributed by atoms with van der Waals surface area (Å²) in [4.78, 5) is 1.36. The Morgan fingerprint density at radius 1 is 1.17 bits per heavy atom. The summed E-state index contributed by atoms with van der Waals surface area (Å²) < 4.78 is 0. The molecule has 0 fully saturated rings. The highest BCUT2D eigenvalue weighted by molar-refractivity contribution is 7.99. The van der Waals surface area contributed by atoms with E-state index in [9.17, 15) is 0 Å². The maximum atomic E-state index is 2.75. The van der Waals surface area contributed by atoms with Crippen LogP contribution in [0.4, 0.5) is 0 Å². The molecule has 0 saturated carbocycles. The Kier molecular flexibility index (Phi) is 8.29. The molecule has 0 bridgehead atoms. The molecule has 1 aromatic rings. The maximum Gasteiger partial charge on any atom is 0.00718 e. The summed E-state index contributed by atoms with van der Waals surface area (Å²) >= 11 is 1.88. The standard InChI is InChI=1S/C8H10S.C2H7N/c1-2-9-8-6-4-3-5-7-8;1-3-2/h3-7H,2H2,1H3;3H,1-2H3. The third-order valence-electron chi connectivity index (χ3n) is 1.05. The molecule has 1 N–H and O–H groups in total. The zero-order valence-electron chi connectivity index (χ0n) is 8.00. The highest BCUT2D eigenvalue weighted by Crippen LogP contribution is 2.15. The fraction of sp³-hybridized carbons (Fsp3) is 0.400. The third kappa shape index (κ3) is 6.25. The van der Waals surface area contributed by atoms with Gasteiger partial charge in [-0.2, -0.15) is 0 Å². The smallest absolute Gasteiger partial charge is 0.00718 e. The van der Waals surface area contributed by atoms with Crippen molar-refractivity contribution in [2.24, 2.45) is 0 Å². The molecule has 0 saturated heterocycles. The Balaban J connectivity index is 0.000000354. The van der Waals surface area contributed by atoms with Gasteiger partial charge < -0.3 is 5.32 Å². The topological polar surface area (TPSA) is 12.0 Å². The van der Waals surface area contributed by atoms with Crippen LogP contribution in [0.5, 0.6) is 0 Å². The normalized spacial score (nSPS) is 8.58. The summed E-state index contributed by atoms with van der Waals surface area (Å²) in [5.41, 5.74) is 0. The lowest BCUT2D eigenvalue weighted by molar-refractivity contribution is 1.02. The van der Waals surface area contributed by atoms with Crippen LogP contribution in [0.1, 0.15) is 6.92 Å². The summed E-state index contributed by atoms with van der Waals surface area (Å²) in [5, 5.41) is 2.75. The summed E-state index contributed by atoms with van der Waals surface area (Å²) in [7, 11) is 3.75. The SMILES string of the molecule is CCSc1ccccc1.CNC. The molecule has 68 valence electrons. The van der Waals surface area contributed by atoms with E-state index in [4.69, 9.17) is 0 Å². The van der Waals surface area contributed by atoms with Crippen molar-refractivity contribution in [2.45, 2.75) is 11.8 Å². The van der Waals surface area contributed by atoms with Gasteiger partial charge in [-0.15, -0.1) is 11.8 Å². The van der Waals surface area contributed by atoms with Crippen molar-refractivity contribution >= 4 is 11.8 Å². The molecular weight excluding hydrogens is 166 g/mol. The van der Waals surface area contributed by atoms with E-state index in [2.05, 4.69) is 36.5 Å². The second kappa shape index (κ2) is 8.62. The van der Waals surface area contributed by atoms with E-state index < -0.39 is 0 Å². The Morgan fingerprint density at radius 3 is 2.08 bits per heavy atom.